The van der Waals surface area contributed by atoms with Gasteiger partial charge in [0.15, 0.2) is 0 Å². The lowest BCUT2D eigenvalue weighted by molar-refractivity contribution is -0.134. The first kappa shape index (κ1) is 18.7. The summed E-state index contributed by atoms with van der Waals surface area (Å²) in [7, 11) is 1.94. The highest BCUT2D eigenvalue weighted by Crippen LogP contribution is 2.26. The highest BCUT2D eigenvalue weighted by molar-refractivity contribution is 9.10. The summed E-state index contributed by atoms with van der Waals surface area (Å²) in [6.07, 6.45) is 3.05. The number of aromatic nitrogens is 1. The predicted octanol–water partition coefficient (Wildman–Crippen LogP) is 3.71. The topological polar surface area (TPSA) is 45.7 Å². The Labute approximate surface area is 168 Å². The molecular weight excluding hydrogens is 406 g/mol. The van der Waals surface area contributed by atoms with Crippen molar-refractivity contribution >= 4 is 38.6 Å². The molecule has 2 saturated heterocycles. The number of carbonyl (C=O) groups is 1. The van der Waals surface area contributed by atoms with Crippen LogP contribution < -0.4 is 4.90 Å². The second kappa shape index (κ2) is 8.15. The number of pyridine rings is 1. The molecule has 0 saturated carbocycles. The van der Waals surface area contributed by atoms with Gasteiger partial charge in [-0.1, -0.05) is 22.0 Å². The van der Waals surface area contributed by atoms with Gasteiger partial charge in [-0.2, -0.15) is 0 Å². The third-order valence-electron chi connectivity index (χ3n) is 5.77. The van der Waals surface area contributed by atoms with Crippen molar-refractivity contribution < 1.29 is 9.53 Å². The average Bonchev–Trinajstić information content (AvgIpc) is 3.22. The number of carbonyl (C=O) groups excluding carboxylic acids is 1. The molecule has 0 N–H and O–H groups in total. The van der Waals surface area contributed by atoms with Crippen LogP contribution in [0.5, 0.6) is 0 Å². The maximum Gasteiger partial charge on any atom is 0.227 e. The molecule has 4 rings (SSSR count). The monoisotopic (exact) mass is 431 g/mol. The first-order valence-corrected chi connectivity index (χ1v) is 10.5. The molecule has 5 nitrogen and oxygen atoms in total. The van der Waals surface area contributed by atoms with Crippen LogP contribution in [0, 0.1) is 11.8 Å². The van der Waals surface area contributed by atoms with Gasteiger partial charge in [0, 0.05) is 43.1 Å². The molecule has 3 heterocycles. The summed E-state index contributed by atoms with van der Waals surface area (Å²) in [5.41, 5.74) is 1.02. The van der Waals surface area contributed by atoms with Gasteiger partial charge < -0.3 is 14.5 Å². The van der Waals surface area contributed by atoms with E-state index in [0.717, 1.165) is 66.7 Å². The maximum atomic E-state index is 12.5. The van der Waals surface area contributed by atoms with Crippen LogP contribution >= 0.6 is 15.9 Å². The molecule has 0 bridgehead atoms. The van der Waals surface area contributed by atoms with Gasteiger partial charge in [0.1, 0.15) is 5.82 Å². The van der Waals surface area contributed by atoms with E-state index in [1.807, 2.05) is 18.0 Å². The molecule has 27 heavy (non-hydrogen) atoms. The third-order valence-corrected chi connectivity index (χ3v) is 6.26. The van der Waals surface area contributed by atoms with Crippen LogP contribution in [0.3, 0.4) is 0 Å². The quantitative estimate of drug-likeness (QED) is 0.739. The Morgan fingerprint density at radius 3 is 2.78 bits per heavy atom. The standard InChI is InChI=1S/C21H26BrN3O2/c1-24(21(26)17-8-11-27-14-17)13-15-6-9-25(10-7-15)20-5-3-16-2-4-18(22)12-19(16)23-20/h2-5,12,15,17H,6-11,13-14H2,1H3. The fourth-order valence-electron chi connectivity index (χ4n) is 4.12. The lowest BCUT2D eigenvalue weighted by Gasteiger charge is -2.35. The smallest absolute Gasteiger partial charge is 0.227 e. The summed E-state index contributed by atoms with van der Waals surface area (Å²) in [5, 5.41) is 1.16. The van der Waals surface area contributed by atoms with Crippen molar-refractivity contribution in [2.24, 2.45) is 11.8 Å². The number of anilines is 1. The van der Waals surface area contributed by atoms with E-state index in [0.29, 0.717) is 12.5 Å². The predicted molar refractivity (Wildman–Crippen MR) is 111 cm³/mol. The van der Waals surface area contributed by atoms with E-state index in [2.05, 4.69) is 45.1 Å². The number of ether oxygens (including phenoxy) is 1. The zero-order chi connectivity index (χ0) is 18.8. The first-order chi connectivity index (χ1) is 13.1. The van der Waals surface area contributed by atoms with Crippen molar-refractivity contribution in [1.82, 2.24) is 9.88 Å². The average molecular weight is 432 g/mol. The zero-order valence-corrected chi connectivity index (χ0v) is 17.3. The van der Waals surface area contributed by atoms with Crippen molar-refractivity contribution in [1.29, 1.82) is 0 Å². The van der Waals surface area contributed by atoms with E-state index in [4.69, 9.17) is 9.72 Å². The maximum absolute atomic E-state index is 12.5. The first-order valence-electron chi connectivity index (χ1n) is 9.74. The summed E-state index contributed by atoms with van der Waals surface area (Å²) < 4.78 is 6.41. The molecule has 144 valence electrons. The van der Waals surface area contributed by atoms with Crippen LogP contribution in [0.4, 0.5) is 5.82 Å². The van der Waals surface area contributed by atoms with Crippen LogP contribution in [-0.4, -0.2) is 55.7 Å². The number of hydrogen-bond acceptors (Lipinski definition) is 4. The molecule has 1 atom stereocenters. The number of piperidine rings is 1. The van der Waals surface area contributed by atoms with Gasteiger partial charge in [-0.15, -0.1) is 0 Å². The number of fused-ring (bicyclic) bond motifs is 1. The molecule has 0 radical (unpaired) electrons. The van der Waals surface area contributed by atoms with Crippen LogP contribution in [0.1, 0.15) is 19.3 Å². The normalized spacial score (nSPS) is 21.0. The Hall–Kier alpha value is -1.66. The highest BCUT2D eigenvalue weighted by atomic mass is 79.9. The van der Waals surface area contributed by atoms with Crippen molar-refractivity contribution in [3.8, 4) is 0 Å². The number of benzene rings is 1. The molecule has 6 heteroatoms. The highest BCUT2D eigenvalue weighted by Gasteiger charge is 2.28. The SMILES string of the molecule is CN(CC1CCN(c2ccc3ccc(Br)cc3n2)CC1)C(=O)C1CCOC1. The minimum Gasteiger partial charge on any atom is -0.381 e. The Morgan fingerprint density at radius 1 is 1.26 bits per heavy atom. The Kier molecular flexibility index (Phi) is 5.64. The fraction of sp³-hybridized carbons (Fsp3) is 0.524. The van der Waals surface area contributed by atoms with Crippen molar-refractivity contribution in [3.05, 3.63) is 34.8 Å². The minimum atomic E-state index is 0.0659. The third kappa shape index (κ3) is 4.27. The summed E-state index contributed by atoms with van der Waals surface area (Å²) in [6.45, 7) is 4.14. The summed E-state index contributed by atoms with van der Waals surface area (Å²) >= 11 is 3.53. The van der Waals surface area contributed by atoms with Gasteiger partial charge >= 0.3 is 0 Å². The van der Waals surface area contributed by atoms with Crippen LogP contribution in [0.15, 0.2) is 34.8 Å². The lowest BCUT2D eigenvalue weighted by Crippen LogP contribution is -2.41. The summed E-state index contributed by atoms with van der Waals surface area (Å²) in [4.78, 5) is 21.6. The second-order valence-electron chi connectivity index (χ2n) is 7.72. The molecule has 0 aliphatic carbocycles. The van der Waals surface area contributed by atoms with E-state index in [1.165, 1.54) is 0 Å². The van der Waals surface area contributed by atoms with E-state index in [-0.39, 0.29) is 11.8 Å². The lowest BCUT2D eigenvalue weighted by atomic mass is 9.95. The fourth-order valence-corrected chi connectivity index (χ4v) is 4.47. The molecule has 0 spiro atoms. The number of hydrogen-bond donors (Lipinski definition) is 0. The molecule has 2 fully saturated rings. The van der Waals surface area contributed by atoms with Crippen LogP contribution in [0.2, 0.25) is 0 Å². The molecule has 2 aromatic rings. The van der Waals surface area contributed by atoms with E-state index in [1.54, 1.807) is 0 Å². The number of nitrogens with zero attached hydrogens (tertiary/aromatic N) is 3. The Morgan fingerprint density at radius 2 is 2.04 bits per heavy atom. The van der Waals surface area contributed by atoms with E-state index < -0.39 is 0 Å². The Balaban J connectivity index is 1.34. The van der Waals surface area contributed by atoms with Crippen molar-refractivity contribution in [3.63, 3.8) is 0 Å². The van der Waals surface area contributed by atoms with Crippen LogP contribution in [-0.2, 0) is 9.53 Å². The summed E-state index contributed by atoms with van der Waals surface area (Å²) in [6, 6.07) is 10.5. The summed E-state index contributed by atoms with van der Waals surface area (Å²) in [5.74, 6) is 1.92. The molecule has 2 aliphatic rings. The minimum absolute atomic E-state index is 0.0659. The second-order valence-corrected chi connectivity index (χ2v) is 8.63. The van der Waals surface area contributed by atoms with Gasteiger partial charge in [0.05, 0.1) is 18.0 Å². The van der Waals surface area contributed by atoms with E-state index >= 15 is 0 Å². The van der Waals surface area contributed by atoms with E-state index in [9.17, 15) is 4.79 Å². The molecule has 1 aromatic carbocycles. The van der Waals surface area contributed by atoms with Gasteiger partial charge in [-0.25, -0.2) is 4.98 Å². The zero-order valence-electron chi connectivity index (χ0n) is 15.7. The number of amides is 1. The number of halogens is 1. The molecule has 1 unspecified atom stereocenters. The molecule has 1 amide bonds. The van der Waals surface area contributed by atoms with Gasteiger partial charge in [-0.05, 0) is 49.4 Å². The van der Waals surface area contributed by atoms with Gasteiger partial charge in [0.25, 0.3) is 0 Å². The van der Waals surface area contributed by atoms with Gasteiger partial charge in [-0.3, -0.25) is 4.79 Å². The molecular formula is C21H26BrN3O2. The van der Waals surface area contributed by atoms with Gasteiger partial charge in [0.2, 0.25) is 5.91 Å². The molecule has 1 aromatic heterocycles. The molecule has 2 aliphatic heterocycles. The van der Waals surface area contributed by atoms with Crippen molar-refractivity contribution in [2.45, 2.75) is 19.3 Å². The number of rotatable bonds is 4. The largest absolute Gasteiger partial charge is 0.381 e. The Bertz CT molecular complexity index is 814. The van der Waals surface area contributed by atoms with Crippen LogP contribution in [0.25, 0.3) is 10.9 Å². The van der Waals surface area contributed by atoms with Crippen molar-refractivity contribution in [2.75, 3.05) is 44.8 Å².